The van der Waals surface area contributed by atoms with Crippen LogP contribution in [0.3, 0.4) is 0 Å². The Bertz CT molecular complexity index is 583. The van der Waals surface area contributed by atoms with E-state index in [4.69, 9.17) is 5.11 Å². The van der Waals surface area contributed by atoms with Gasteiger partial charge in [-0.2, -0.15) is 4.31 Å². The molecule has 0 aliphatic carbocycles. The lowest BCUT2D eigenvalue weighted by atomic mass is 10.1. The molecule has 1 N–H and O–H groups in total. The van der Waals surface area contributed by atoms with Gasteiger partial charge in [0.2, 0.25) is 10.0 Å². The van der Waals surface area contributed by atoms with Gasteiger partial charge in [0.05, 0.1) is 0 Å². The zero-order valence-electron chi connectivity index (χ0n) is 10.5. The number of halogens is 3. The summed E-state index contributed by atoms with van der Waals surface area (Å²) in [6.45, 7) is 0.153. The fraction of sp³-hybridized carbons (Fsp3) is 0.500. The molecule has 1 unspecified atom stereocenters. The Morgan fingerprint density at radius 2 is 1.85 bits per heavy atom. The van der Waals surface area contributed by atoms with Gasteiger partial charge >= 0.3 is 0 Å². The van der Waals surface area contributed by atoms with Crippen molar-refractivity contribution in [1.29, 1.82) is 0 Å². The van der Waals surface area contributed by atoms with Gasteiger partial charge in [-0.1, -0.05) is 0 Å². The summed E-state index contributed by atoms with van der Waals surface area (Å²) in [5.41, 5.74) is 0. The first-order valence-electron chi connectivity index (χ1n) is 6.12. The van der Waals surface area contributed by atoms with Crippen molar-refractivity contribution >= 4 is 10.0 Å². The van der Waals surface area contributed by atoms with E-state index in [0.717, 1.165) is 4.31 Å². The van der Waals surface area contributed by atoms with Crippen molar-refractivity contribution in [2.45, 2.75) is 17.7 Å². The van der Waals surface area contributed by atoms with E-state index in [9.17, 15) is 21.6 Å². The standard InChI is InChI=1S/C12H14F3NO3S/c13-9-5-10(14)12(11(15)6-9)20(18,19)16-3-1-8(7-16)2-4-17/h5-6,8,17H,1-4,7H2. The summed E-state index contributed by atoms with van der Waals surface area (Å²) >= 11 is 0. The number of hydrogen-bond donors (Lipinski definition) is 1. The van der Waals surface area contributed by atoms with Crippen LogP contribution >= 0.6 is 0 Å². The molecule has 20 heavy (non-hydrogen) atoms. The van der Waals surface area contributed by atoms with E-state index in [1.807, 2.05) is 0 Å². The summed E-state index contributed by atoms with van der Waals surface area (Å²) in [6, 6.07) is 0.689. The van der Waals surface area contributed by atoms with Crippen LogP contribution in [0.4, 0.5) is 13.2 Å². The Hall–Kier alpha value is -1.12. The molecule has 1 heterocycles. The average molecular weight is 309 g/mol. The molecule has 0 radical (unpaired) electrons. The van der Waals surface area contributed by atoms with Crippen LogP contribution < -0.4 is 0 Å². The largest absolute Gasteiger partial charge is 0.396 e. The molecule has 8 heteroatoms. The molecule has 0 bridgehead atoms. The fourth-order valence-electron chi connectivity index (χ4n) is 2.34. The number of nitrogens with zero attached hydrogens (tertiary/aromatic N) is 1. The maximum atomic E-state index is 13.6. The van der Waals surface area contributed by atoms with Crippen molar-refractivity contribution in [3.8, 4) is 0 Å². The summed E-state index contributed by atoms with van der Waals surface area (Å²) in [4.78, 5) is -1.12. The second-order valence-electron chi connectivity index (χ2n) is 4.73. The lowest BCUT2D eigenvalue weighted by Gasteiger charge is -2.17. The Kier molecular flexibility index (Phi) is 4.36. The van der Waals surface area contributed by atoms with Gasteiger partial charge in [-0.15, -0.1) is 0 Å². The molecule has 1 atom stereocenters. The maximum Gasteiger partial charge on any atom is 0.248 e. The topological polar surface area (TPSA) is 57.6 Å². The predicted octanol–water partition coefficient (Wildman–Crippen LogP) is 1.50. The second kappa shape index (κ2) is 5.71. The summed E-state index contributed by atoms with van der Waals surface area (Å²) in [5.74, 6) is -4.08. The van der Waals surface area contributed by atoms with Crippen molar-refractivity contribution in [1.82, 2.24) is 4.31 Å². The Balaban J connectivity index is 2.33. The highest BCUT2D eigenvalue weighted by molar-refractivity contribution is 7.89. The quantitative estimate of drug-likeness (QED) is 0.917. The van der Waals surface area contributed by atoms with Crippen LogP contribution in [0.15, 0.2) is 17.0 Å². The van der Waals surface area contributed by atoms with Gasteiger partial charge in [0.15, 0.2) is 4.90 Å². The van der Waals surface area contributed by atoms with E-state index in [1.54, 1.807) is 0 Å². The molecule has 1 saturated heterocycles. The van der Waals surface area contributed by atoms with Crippen LogP contribution in [-0.2, 0) is 10.0 Å². The number of aliphatic hydroxyl groups excluding tert-OH is 1. The SMILES string of the molecule is O=S(=O)(c1c(F)cc(F)cc1F)N1CCC(CCO)C1. The van der Waals surface area contributed by atoms with Crippen LogP contribution in [0, 0.1) is 23.4 Å². The molecule has 0 saturated carbocycles. The maximum absolute atomic E-state index is 13.6. The highest BCUT2D eigenvalue weighted by Gasteiger charge is 2.36. The first-order chi connectivity index (χ1) is 9.36. The lowest BCUT2D eigenvalue weighted by Crippen LogP contribution is -2.30. The van der Waals surface area contributed by atoms with E-state index in [0.29, 0.717) is 25.0 Å². The molecule has 1 aliphatic rings. The van der Waals surface area contributed by atoms with Crippen LogP contribution in [0.5, 0.6) is 0 Å². The van der Waals surface area contributed by atoms with Crippen molar-refractivity contribution < 1.29 is 26.7 Å². The molecule has 4 nitrogen and oxygen atoms in total. The molecule has 1 fully saturated rings. The normalized spacial score (nSPS) is 20.5. The van der Waals surface area contributed by atoms with Gasteiger partial charge in [-0.25, -0.2) is 21.6 Å². The van der Waals surface area contributed by atoms with Crippen molar-refractivity contribution in [3.63, 3.8) is 0 Å². The van der Waals surface area contributed by atoms with E-state index in [1.165, 1.54) is 0 Å². The van der Waals surface area contributed by atoms with Gasteiger partial charge in [-0.05, 0) is 18.8 Å². The van der Waals surface area contributed by atoms with Gasteiger partial charge in [0.25, 0.3) is 0 Å². The summed E-state index contributed by atoms with van der Waals surface area (Å²) in [7, 11) is -4.33. The number of hydrogen-bond acceptors (Lipinski definition) is 3. The molecular weight excluding hydrogens is 295 g/mol. The highest BCUT2D eigenvalue weighted by atomic mass is 32.2. The molecule has 1 aromatic rings. The molecule has 1 aromatic carbocycles. The minimum atomic E-state index is -4.33. The Morgan fingerprint density at radius 1 is 1.25 bits per heavy atom. The van der Waals surface area contributed by atoms with Crippen molar-refractivity contribution in [2.24, 2.45) is 5.92 Å². The number of benzene rings is 1. The summed E-state index contributed by atoms with van der Waals surface area (Å²) < 4.78 is 65.3. The van der Waals surface area contributed by atoms with Crippen molar-refractivity contribution in [2.75, 3.05) is 19.7 Å². The van der Waals surface area contributed by atoms with Crippen LogP contribution in [-0.4, -0.2) is 37.5 Å². The number of aliphatic hydroxyl groups is 1. The van der Waals surface area contributed by atoms with Crippen LogP contribution in [0.2, 0.25) is 0 Å². The van der Waals surface area contributed by atoms with Crippen LogP contribution in [0.25, 0.3) is 0 Å². The Labute approximate surface area is 114 Å². The average Bonchev–Trinajstić information content (AvgIpc) is 2.76. The van der Waals surface area contributed by atoms with Gasteiger partial charge in [-0.3, -0.25) is 0 Å². The molecule has 0 aromatic heterocycles. The second-order valence-corrected chi connectivity index (χ2v) is 6.60. The summed E-state index contributed by atoms with van der Waals surface area (Å²) in [5, 5.41) is 8.82. The molecule has 0 spiro atoms. The molecule has 112 valence electrons. The third-order valence-electron chi connectivity index (χ3n) is 3.35. The predicted molar refractivity (Wildman–Crippen MR) is 64.9 cm³/mol. The molecule has 2 rings (SSSR count). The first-order valence-corrected chi connectivity index (χ1v) is 7.56. The van der Waals surface area contributed by atoms with Gasteiger partial charge < -0.3 is 5.11 Å². The number of sulfonamides is 1. The van der Waals surface area contributed by atoms with E-state index in [-0.39, 0.29) is 25.6 Å². The first kappa shape index (κ1) is 15.3. The van der Waals surface area contributed by atoms with Crippen molar-refractivity contribution in [3.05, 3.63) is 29.6 Å². The van der Waals surface area contributed by atoms with Crippen LogP contribution in [0.1, 0.15) is 12.8 Å². The minimum absolute atomic E-state index is 0.0404. The lowest BCUT2D eigenvalue weighted by molar-refractivity contribution is 0.259. The summed E-state index contributed by atoms with van der Waals surface area (Å²) in [6.07, 6.45) is 0.949. The monoisotopic (exact) mass is 309 g/mol. The fourth-order valence-corrected chi connectivity index (χ4v) is 3.96. The number of rotatable bonds is 4. The Morgan fingerprint density at radius 3 is 2.40 bits per heavy atom. The third kappa shape index (κ3) is 2.82. The van der Waals surface area contributed by atoms with Gasteiger partial charge in [0, 0.05) is 31.8 Å². The molecular formula is C12H14F3NO3S. The molecule has 0 amide bonds. The zero-order valence-corrected chi connectivity index (χ0v) is 11.3. The minimum Gasteiger partial charge on any atom is -0.396 e. The van der Waals surface area contributed by atoms with E-state index in [2.05, 4.69) is 0 Å². The highest BCUT2D eigenvalue weighted by Crippen LogP contribution is 2.29. The molecule has 1 aliphatic heterocycles. The van der Waals surface area contributed by atoms with Gasteiger partial charge in [0.1, 0.15) is 17.5 Å². The smallest absolute Gasteiger partial charge is 0.248 e. The van der Waals surface area contributed by atoms with E-state index >= 15 is 0 Å². The zero-order chi connectivity index (χ0) is 14.9. The third-order valence-corrected chi connectivity index (χ3v) is 5.26. The van der Waals surface area contributed by atoms with E-state index < -0.39 is 32.4 Å².